The number of esters is 1. The lowest BCUT2D eigenvalue weighted by Gasteiger charge is -2.29. The number of carbonyl (C=O) groups excluding carboxylic acids is 2. The number of carbonyl (C=O) groups is 2. The van der Waals surface area contributed by atoms with E-state index in [1.165, 1.54) is 27.8 Å². The van der Waals surface area contributed by atoms with Gasteiger partial charge in [-0.3, -0.25) is 4.79 Å². The first-order chi connectivity index (χ1) is 20.1. The van der Waals surface area contributed by atoms with Crippen LogP contribution in [-0.2, 0) is 32.5 Å². The first-order valence-electron chi connectivity index (χ1n) is 13.1. The van der Waals surface area contributed by atoms with Crippen LogP contribution >= 0.6 is 34.5 Å². The van der Waals surface area contributed by atoms with Gasteiger partial charge in [0, 0.05) is 30.2 Å². The average Bonchev–Trinajstić information content (AvgIpc) is 3.33. The molecule has 1 N–H and O–H groups in total. The summed E-state index contributed by atoms with van der Waals surface area (Å²) in [5.41, 5.74) is 2.52. The molecule has 0 radical (unpaired) electrons. The number of morpholine rings is 1. The summed E-state index contributed by atoms with van der Waals surface area (Å²) < 4.78 is 38.1. The molecule has 14 heteroatoms. The minimum atomic E-state index is -3.99. The van der Waals surface area contributed by atoms with E-state index in [-0.39, 0.29) is 52.8 Å². The lowest BCUT2D eigenvalue weighted by Crippen LogP contribution is -2.40. The van der Waals surface area contributed by atoms with Crippen molar-refractivity contribution in [2.75, 3.05) is 49.7 Å². The molecule has 0 aliphatic carbocycles. The van der Waals surface area contributed by atoms with Gasteiger partial charge in [-0.25, -0.2) is 13.2 Å². The van der Waals surface area contributed by atoms with E-state index >= 15 is 0 Å². The van der Waals surface area contributed by atoms with Gasteiger partial charge in [0.1, 0.15) is 16.0 Å². The Kier molecular flexibility index (Phi) is 9.08. The van der Waals surface area contributed by atoms with E-state index in [0.717, 1.165) is 16.1 Å². The Labute approximate surface area is 257 Å². The highest BCUT2D eigenvalue weighted by Crippen LogP contribution is 2.39. The van der Waals surface area contributed by atoms with Crippen LogP contribution in [-0.4, -0.2) is 64.1 Å². The maximum absolute atomic E-state index is 13.4. The van der Waals surface area contributed by atoms with E-state index in [9.17, 15) is 23.3 Å². The number of nitriles is 1. The van der Waals surface area contributed by atoms with Gasteiger partial charge in [0.2, 0.25) is 10.0 Å². The number of hydrogen-bond donors (Lipinski definition) is 1. The summed E-state index contributed by atoms with van der Waals surface area (Å²) >= 11 is 13.9. The molecule has 5 rings (SSSR count). The highest BCUT2D eigenvalue weighted by molar-refractivity contribution is 7.89. The Bertz CT molecular complexity index is 1680. The molecule has 10 nitrogen and oxygen atoms in total. The predicted molar refractivity (Wildman–Crippen MR) is 160 cm³/mol. The van der Waals surface area contributed by atoms with Crippen molar-refractivity contribution in [1.29, 1.82) is 5.26 Å². The van der Waals surface area contributed by atoms with Gasteiger partial charge < -0.3 is 19.7 Å². The third kappa shape index (κ3) is 5.99. The molecule has 3 heterocycles. The molecule has 2 aliphatic rings. The number of nitrogens with zero attached hydrogens (tertiary/aromatic N) is 3. The zero-order chi connectivity index (χ0) is 30.0. The molecule has 1 aromatic heterocycles. The maximum atomic E-state index is 13.4. The number of ether oxygens (including phenoxy) is 2. The summed E-state index contributed by atoms with van der Waals surface area (Å²) in [6, 6.07) is 11.7. The highest BCUT2D eigenvalue weighted by atomic mass is 35.5. The number of fused-ring (bicyclic) bond motifs is 1. The molecule has 0 saturated carbocycles. The summed E-state index contributed by atoms with van der Waals surface area (Å²) in [5, 5.41) is 13.0. The Hall–Kier alpha value is -3.18. The average molecular weight is 650 g/mol. The molecule has 1 saturated heterocycles. The van der Waals surface area contributed by atoms with Crippen LogP contribution in [0.5, 0.6) is 0 Å². The Morgan fingerprint density at radius 3 is 2.50 bits per heavy atom. The number of thiophene rings is 1. The van der Waals surface area contributed by atoms with Gasteiger partial charge >= 0.3 is 5.97 Å². The van der Waals surface area contributed by atoms with Crippen LogP contribution in [0, 0.1) is 11.3 Å². The topological polar surface area (TPSA) is 129 Å². The zero-order valence-corrected chi connectivity index (χ0v) is 25.6. The van der Waals surface area contributed by atoms with E-state index < -0.39 is 15.9 Å². The summed E-state index contributed by atoms with van der Waals surface area (Å²) in [6.07, 6.45) is 0.577. The molecule has 2 aliphatic heterocycles. The minimum absolute atomic E-state index is 0.0179. The van der Waals surface area contributed by atoms with Crippen molar-refractivity contribution in [3.63, 3.8) is 0 Å². The van der Waals surface area contributed by atoms with Crippen LogP contribution in [0.4, 0.5) is 10.7 Å². The normalized spacial score (nSPS) is 15.5. The van der Waals surface area contributed by atoms with Crippen LogP contribution in [0.2, 0.25) is 10.0 Å². The number of halogens is 2. The van der Waals surface area contributed by atoms with Gasteiger partial charge in [-0.05, 0) is 55.3 Å². The predicted octanol–water partition coefficient (Wildman–Crippen LogP) is 4.94. The monoisotopic (exact) mass is 648 g/mol. The van der Waals surface area contributed by atoms with E-state index in [0.29, 0.717) is 42.2 Å². The fourth-order valence-electron chi connectivity index (χ4n) is 4.85. The molecule has 0 bridgehead atoms. The number of rotatable bonds is 7. The van der Waals surface area contributed by atoms with Crippen molar-refractivity contribution in [2.24, 2.45) is 0 Å². The quantitative estimate of drug-likeness (QED) is 0.357. The van der Waals surface area contributed by atoms with Gasteiger partial charge in [-0.2, -0.15) is 9.57 Å². The van der Waals surface area contributed by atoms with Gasteiger partial charge in [0.25, 0.3) is 5.91 Å². The van der Waals surface area contributed by atoms with E-state index in [2.05, 4.69) is 16.3 Å². The smallest absolute Gasteiger partial charge is 0.338 e. The summed E-state index contributed by atoms with van der Waals surface area (Å²) in [7, 11) is -3.99. The fraction of sp³-hybridized carbons (Fsp3) is 0.321. The van der Waals surface area contributed by atoms with Crippen LogP contribution in [0.15, 0.2) is 41.3 Å². The number of anilines is 2. The van der Waals surface area contributed by atoms with Gasteiger partial charge in [-0.15, -0.1) is 11.3 Å². The molecule has 3 aromatic rings. The number of amides is 1. The molecular formula is C28H26Cl2N4O6S2. The molecule has 42 heavy (non-hydrogen) atoms. The Balaban J connectivity index is 1.37. The molecule has 0 unspecified atom stereocenters. The van der Waals surface area contributed by atoms with Gasteiger partial charge in [0.15, 0.2) is 0 Å². The van der Waals surface area contributed by atoms with Crippen LogP contribution < -0.4 is 10.2 Å². The molecular weight excluding hydrogens is 623 g/mol. The van der Waals surface area contributed by atoms with Crippen molar-refractivity contribution in [2.45, 2.75) is 24.8 Å². The van der Waals surface area contributed by atoms with Gasteiger partial charge in [0.05, 0.1) is 53.1 Å². The van der Waals surface area contributed by atoms with Crippen molar-refractivity contribution in [3.8, 4) is 6.07 Å². The van der Waals surface area contributed by atoms with Crippen molar-refractivity contribution >= 4 is 67.1 Å². The van der Waals surface area contributed by atoms with Gasteiger partial charge in [-0.1, -0.05) is 23.2 Å². The SMILES string of the molecule is CCOC(=O)c1ccc(N2CCc3c(sc(NC(=O)c4cc(S(=O)(=O)N5CCOCC5)c(Cl)cc4Cl)c3C#N)C2)cc1. The van der Waals surface area contributed by atoms with E-state index in [4.69, 9.17) is 32.7 Å². The van der Waals surface area contributed by atoms with Crippen molar-refractivity contribution in [1.82, 2.24) is 4.31 Å². The molecule has 1 amide bonds. The second kappa shape index (κ2) is 12.6. The van der Waals surface area contributed by atoms with Crippen LogP contribution in [0.1, 0.15) is 43.6 Å². The van der Waals surface area contributed by atoms with Crippen molar-refractivity contribution in [3.05, 3.63) is 73.6 Å². The maximum Gasteiger partial charge on any atom is 0.338 e. The van der Waals surface area contributed by atoms with E-state index in [1.54, 1.807) is 19.1 Å². The fourth-order valence-corrected chi connectivity index (χ4v) is 8.30. The molecule has 220 valence electrons. The minimum Gasteiger partial charge on any atom is -0.462 e. The van der Waals surface area contributed by atoms with Crippen LogP contribution in [0.25, 0.3) is 0 Å². The van der Waals surface area contributed by atoms with Crippen molar-refractivity contribution < 1.29 is 27.5 Å². The Morgan fingerprint density at radius 1 is 1.12 bits per heavy atom. The standard InChI is InChI=1S/C28H26Cl2N4O6S2/c1-2-40-28(36)17-3-5-18(6-4-17)33-8-7-19-21(15-31)27(41-24(19)16-33)32-26(35)20-13-25(23(30)14-22(20)29)42(37,38)34-9-11-39-12-10-34/h3-6,13-14H,2,7-12,16H2,1H3,(H,32,35). The molecule has 0 atom stereocenters. The molecule has 1 fully saturated rings. The summed E-state index contributed by atoms with van der Waals surface area (Å²) in [6.45, 7) is 4.05. The third-order valence-corrected chi connectivity index (χ3v) is 10.8. The first kappa shape index (κ1) is 30.3. The largest absolute Gasteiger partial charge is 0.462 e. The third-order valence-electron chi connectivity index (χ3n) is 6.99. The van der Waals surface area contributed by atoms with Crippen LogP contribution in [0.3, 0.4) is 0 Å². The first-order valence-corrected chi connectivity index (χ1v) is 16.1. The molecule has 0 spiro atoms. The lowest BCUT2D eigenvalue weighted by molar-refractivity contribution is 0.0526. The highest BCUT2D eigenvalue weighted by Gasteiger charge is 2.31. The number of hydrogen-bond acceptors (Lipinski definition) is 9. The number of benzene rings is 2. The van der Waals surface area contributed by atoms with E-state index in [1.807, 2.05) is 12.1 Å². The molecule has 2 aromatic carbocycles. The summed E-state index contributed by atoms with van der Waals surface area (Å²) in [5.74, 6) is -1.04. The summed E-state index contributed by atoms with van der Waals surface area (Å²) in [4.78, 5) is 28.2. The number of sulfonamides is 1. The second-order valence-electron chi connectivity index (χ2n) is 9.49. The zero-order valence-electron chi connectivity index (χ0n) is 22.5. The second-order valence-corrected chi connectivity index (χ2v) is 13.3. The lowest BCUT2D eigenvalue weighted by atomic mass is 10.0. The Morgan fingerprint density at radius 2 is 1.83 bits per heavy atom. The number of nitrogens with one attached hydrogen (secondary N) is 1.